The van der Waals surface area contributed by atoms with Gasteiger partial charge >= 0.3 is 5.97 Å². The average molecular weight is 285 g/mol. The number of hydrogen-bond acceptors (Lipinski definition) is 5. The molecule has 0 aromatic rings. The van der Waals surface area contributed by atoms with Crippen molar-refractivity contribution in [1.29, 1.82) is 0 Å². The van der Waals surface area contributed by atoms with Gasteiger partial charge in [-0.15, -0.1) is 0 Å². The third-order valence-electron chi connectivity index (χ3n) is 3.57. The summed E-state index contributed by atoms with van der Waals surface area (Å²) in [5, 5.41) is 0. The molecule has 1 heterocycles. The normalized spacial score (nSPS) is 20.8. The average Bonchev–Trinajstić information content (AvgIpc) is 2.43. The molecule has 7 nitrogen and oxygen atoms in total. The van der Waals surface area contributed by atoms with Crippen LogP contribution in [0.25, 0.3) is 0 Å². The van der Waals surface area contributed by atoms with Crippen molar-refractivity contribution < 1.29 is 19.1 Å². The number of esters is 1. The van der Waals surface area contributed by atoms with Crippen molar-refractivity contribution in [1.82, 2.24) is 9.80 Å². The SMILES string of the molecule is COC(=O)C1CN(C(=O)C(N)C(C)C)CCN1C(C)=O. The lowest BCUT2D eigenvalue weighted by atomic mass is 10.0. The largest absolute Gasteiger partial charge is 0.467 e. The fourth-order valence-corrected chi connectivity index (χ4v) is 2.19. The molecule has 0 radical (unpaired) electrons. The highest BCUT2D eigenvalue weighted by Crippen LogP contribution is 2.14. The van der Waals surface area contributed by atoms with Crippen LogP contribution in [-0.4, -0.2) is 66.4 Å². The summed E-state index contributed by atoms with van der Waals surface area (Å²) in [5.74, 6) is -0.904. The van der Waals surface area contributed by atoms with Crippen LogP contribution in [0.4, 0.5) is 0 Å². The lowest BCUT2D eigenvalue weighted by Gasteiger charge is -2.40. The van der Waals surface area contributed by atoms with Crippen LogP contribution in [0.2, 0.25) is 0 Å². The Bertz CT molecular complexity index is 397. The maximum Gasteiger partial charge on any atom is 0.330 e. The molecule has 2 unspecified atom stereocenters. The lowest BCUT2D eigenvalue weighted by molar-refractivity contribution is -0.158. The van der Waals surface area contributed by atoms with Crippen molar-refractivity contribution in [3.05, 3.63) is 0 Å². The quantitative estimate of drug-likeness (QED) is 0.685. The van der Waals surface area contributed by atoms with E-state index < -0.39 is 18.1 Å². The second kappa shape index (κ2) is 6.69. The minimum atomic E-state index is -0.755. The molecule has 0 aromatic carbocycles. The van der Waals surface area contributed by atoms with Crippen LogP contribution in [-0.2, 0) is 19.1 Å². The molecule has 1 saturated heterocycles. The molecule has 0 aromatic heterocycles. The van der Waals surface area contributed by atoms with Gasteiger partial charge in [0.15, 0.2) is 0 Å². The van der Waals surface area contributed by atoms with E-state index >= 15 is 0 Å². The molecule has 20 heavy (non-hydrogen) atoms. The molecular weight excluding hydrogens is 262 g/mol. The molecule has 114 valence electrons. The third kappa shape index (κ3) is 3.47. The molecule has 0 bridgehead atoms. The second-order valence-corrected chi connectivity index (χ2v) is 5.31. The van der Waals surface area contributed by atoms with Gasteiger partial charge in [-0.1, -0.05) is 13.8 Å². The maximum absolute atomic E-state index is 12.2. The van der Waals surface area contributed by atoms with Gasteiger partial charge < -0.3 is 20.3 Å². The van der Waals surface area contributed by atoms with Gasteiger partial charge in [0.25, 0.3) is 0 Å². The number of nitrogens with two attached hydrogens (primary N) is 1. The van der Waals surface area contributed by atoms with Crippen molar-refractivity contribution in [3.8, 4) is 0 Å². The first-order valence-electron chi connectivity index (χ1n) is 6.69. The first-order valence-corrected chi connectivity index (χ1v) is 6.69. The van der Waals surface area contributed by atoms with E-state index in [1.807, 2.05) is 13.8 Å². The fourth-order valence-electron chi connectivity index (χ4n) is 2.19. The fraction of sp³-hybridized carbons (Fsp3) is 0.769. The Hall–Kier alpha value is -1.63. The van der Waals surface area contributed by atoms with E-state index in [4.69, 9.17) is 10.5 Å². The monoisotopic (exact) mass is 285 g/mol. The highest BCUT2D eigenvalue weighted by molar-refractivity contribution is 5.86. The molecule has 7 heteroatoms. The standard InChI is InChI=1S/C13H23N3O4/c1-8(2)11(14)12(18)15-5-6-16(9(3)17)10(7-15)13(19)20-4/h8,10-11H,5-7,14H2,1-4H3. The van der Waals surface area contributed by atoms with Crippen LogP contribution in [0.3, 0.4) is 0 Å². The highest BCUT2D eigenvalue weighted by atomic mass is 16.5. The first kappa shape index (κ1) is 16.4. The Labute approximate surface area is 119 Å². The molecule has 1 aliphatic rings. The molecule has 2 amide bonds. The number of piperazine rings is 1. The Morgan fingerprint density at radius 1 is 1.25 bits per heavy atom. The summed E-state index contributed by atoms with van der Waals surface area (Å²) in [6.07, 6.45) is 0. The third-order valence-corrected chi connectivity index (χ3v) is 3.57. The first-order chi connectivity index (χ1) is 9.29. The summed E-state index contributed by atoms with van der Waals surface area (Å²) < 4.78 is 4.70. The van der Waals surface area contributed by atoms with Gasteiger partial charge in [0.05, 0.1) is 19.7 Å². The van der Waals surface area contributed by atoms with Crippen LogP contribution < -0.4 is 5.73 Å². The van der Waals surface area contributed by atoms with Gasteiger partial charge in [0.2, 0.25) is 11.8 Å². The maximum atomic E-state index is 12.2. The molecule has 1 fully saturated rings. The Balaban J connectivity index is 2.83. The molecule has 1 rings (SSSR count). The van der Waals surface area contributed by atoms with Gasteiger partial charge in [0.1, 0.15) is 6.04 Å². The van der Waals surface area contributed by atoms with Gasteiger partial charge in [-0.2, -0.15) is 0 Å². The number of methoxy groups -OCH3 is 1. The molecule has 2 N–H and O–H groups in total. The van der Waals surface area contributed by atoms with E-state index in [0.29, 0.717) is 13.1 Å². The van der Waals surface area contributed by atoms with Crippen LogP contribution in [0.5, 0.6) is 0 Å². The van der Waals surface area contributed by atoms with E-state index in [0.717, 1.165) is 0 Å². The number of carbonyl (C=O) groups excluding carboxylic acids is 3. The summed E-state index contributed by atoms with van der Waals surface area (Å²) in [5.41, 5.74) is 5.85. The van der Waals surface area contributed by atoms with Gasteiger partial charge in [-0.25, -0.2) is 4.79 Å². The van der Waals surface area contributed by atoms with Gasteiger partial charge in [0, 0.05) is 20.0 Å². The van der Waals surface area contributed by atoms with E-state index in [1.54, 1.807) is 0 Å². The number of amides is 2. The topological polar surface area (TPSA) is 92.9 Å². The van der Waals surface area contributed by atoms with Crippen molar-refractivity contribution in [2.45, 2.75) is 32.9 Å². The van der Waals surface area contributed by atoms with E-state index in [9.17, 15) is 14.4 Å². The molecule has 0 aliphatic carbocycles. The van der Waals surface area contributed by atoms with Crippen molar-refractivity contribution in [2.24, 2.45) is 11.7 Å². The summed E-state index contributed by atoms with van der Waals surface area (Å²) >= 11 is 0. The minimum Gasteiger partial charge on any atom is -0.467 e. The minimum absolute atomic E-state index is 0.0184. The van der Waals surface area contributed by atoms with E-state index in [2.05, 4.69) is 0 Å². The summed E-state index contributed by atoms with van der Waals surface area (Å²) in [6.45, 7) is 5.95. The van der Waals surface area contributed by atoms with Crippen LogP contribution in [0.1, 0.15) is 20.8 Å². The molecule has 1 aliphatic heterocycles. The van der Waals surface area contributed by atoms with E-state index in [-0.39, 0.29) is 24.3 Å². The predicted molar refractivity (Wildman–Crippen MR) is 72.6 cm³/mol. The van der Waals surface area contributed by atoms with Crippen LogP contribution >= 0.6 is 0 Å². The van der Waals surface area contributed by atoms with Crippen LogP contribution in [0.15, 0.2) is 0 Å². The zero-order chi connectivity index (χ0) is 15.4. The Kier molecular flexibility index (Phi) is 5.50. The number of carbonyl (C=O) groups is 3. The van der Waals surface area contributed by atoms with Crippen molar-refractivity contribution in [2.75, 3.05) is 26.7 Å². The number of hydrogen-bond donors (Lipinski definition) is 1. The number of ether oxygens (including phenoxy) is 1. The lowest BCUT2D eigenvalue weighted by Crippen LogP contribution is -2.61. The number of rotatable bonds is 3. The predicted octanol–water partition coefficient (Wildman–Crippen LogP) is -0.798. The molecule has 2 atom stereocenters. The Morgan fingerprint density at radius 2 is 1.85 bits per heavy atom. The van der Waals surface area contributed by atoms with Crippen molar-refractivity contribution in [3.63, 3.8) is 0 Å². The van der Waals surface area contributed by atoms with Gasteiger partial charge in [-0.05, 0) is 5.92 Å². The van der Waals surface area contributed by atoms with Crippen LogP contribution in [0, 0.1) is 5.92 Å². The smallest absolute Gasteiger partial charge is 0.330 e. The highest BCUT2D eigenvalue weighted by Gasteiger charge is 2.37. The summed E-state index contributed by atoms with van der Waals surface area (Å²) in [6, 6.07) is -1.35. The molecule has 0 saturated carbocycles. The Morgan fingerprint density at radius 3 is 2.30 bits per heavy atom. The molecular formula is C13H23N3O4. The summed E-state index contributed by atoms with van der Waals surface area (Å²) in [7, 11) is 1.27. The van der Waals surface area contributed by atoms with Crippen molar-refractivity contribution >= 4 is 17.8 Å². The molecule has 0 spiro atoms. The zero-order valence-corrected chi connectivity index (χ0v) is 12.5. The number of nitrogens with zero attached hydrogens (tertiary/aromatic N) is 2. The van der Waals surface area contributed by atoms with Gasteiger partial charge in [-0.3, -0.25) is 9.59 Å². The summed E-state index contributed by atoms with van der Waals surface area (Å²) in [4.78, 5) is 38.5. The zero-order valence-electron chi connectivity index (χ0n) is 12.5. The van der Waals surface area contributed by atoms with E-state index in [1.165, 1.54) is 23.8 Å². The second-order valence-electron chi connectivity index (χ2n) is 5.31.